The molecule has 3 rings (SSSR count). The lowest BCUT2D eigenvalue weighted by molar-refractivity contribution is -0.131. The van der Waals surface area contributed by atoms with Crippen molar-refractivity contribution in [1.82, 2.24) is 4.57 Å². The summed E-state index contributed by atoms with van der Waals surface area (Å²) in [6.45, 7) is 4.56. The fourth-order valence-corrected chi connectivity index (χ4v) is 3.17. The van der Waals surface area contributed by atoms with Crippen molar-refractivity contribution in [2.24, 2.45) is 0 Å². The molecule has 138 valence electrons. The minimum Gasteiger partial charge on any atom is -0.490 e. The van der Waals surface area contributed by atoms with Crippen molar-refractivity contribution in [3.05, 3.63) is 76.9 Å². The highest BCUT2D eigenvalue weighted by Crippen LogP contribution is 2.27. The minimum atomic E-state index is -1.47. The van der Waals surface area contributed by atoms with Crippen molar-refractivity contribution in [3.63, 3.8) is 0 Å². The molecular weight excluding hydrogens is 410 g/mol. The van der Waals surface area contributed by atoms with Crippen LogP contribution in [0.15, 0.2) is 65.8 Å². The predicted octanol–water partition coefficient (Wildman–Crippen LogP) is 4.48. The molecule has 27 heavy (non-hydrogen) atoms. The smallest absolute Gasteiger partial charge is 0.377 e. The van der Waals surface area contributed by atoms with Gasteiger partial charge in [-0.1, -0.05) is 40.7 Å². The SMILES string of the molecule is C=CCOc1ccc2c(c1)c(C(=O)C(=O)O)cn2CCc1ccc(Br)cc1. The molecule has 0 radical (unpaired) electrons. The van der Waals surface area contributed by atoms with Gasteiger partial charge in [-0.2, -0.15) is 0 Å². The van der Waals surface area contributed by atoms with Gasteiger partial charge in [0.1, 0.15) is 12.4 Å². The summed E-state index contributed by atoms with van der Waals surface area (Å²) in [6.07, 6.45) is 3.99. The Hall–Kier alpha value is -2.86. The standard InChI is InChI=1S/C21H18BrNO4/c1-2-11-27-16-7-8-19-17(12-16)18(20(24)21(25)26)13-23(19)10-9-14-3-5-15(22)6-4-14/h2-8,12-13H,1,9-11H2,(H,25,26). The highest BCUT2D eigenvalue weighted by atomic mass is 79.9. The number of aryl methyl sites for hydroxylation is 2. The van der Waals surface area contributed by atoms with E-state index in [1.165, 1.54) is 0 Å². The highest BCUT2D eigenvalue weighted by molar-refractivity contribution is 9.10. The Morgan fingerprint density at radius 3 is 2.59 bits per heavy atom. The average Bonchev–Trinajstić information content (AvgIpc) is 3.03. The number of Topliss-reactive ketones (excluding diaryl/α,β-unsaturated/α-hetero) is 1. The van der Waals surface area contributed by atoms with Crippen LogP contribution in [-0.4, -0.2) is 28.0 Å². The van der Waals surface area contributed by atoms with E-state index >= 15 is 0 Å². The fraction of sp³-hybridized carbons (Fsp3) is 0.143. The van der Waals surface area contributed by atoms with E-state index in [0.29, 0.717) is 24.3 Å². The molecule has 0 bridgehead atoms. The molecule has 0 aliphatic rings. The summed E-state index contributed by atoms with van der Waals surface area (Å²) in [7, 11) is 0. The zero-order chi connectivity index (χ0) is 19.4. The zero-order valence-corrected chi connectivity index (χ0v) is 16.1. The molecule has 6 heteroatoms. The number of carboxylic acids is 1. The van der Waals surface area contributed by atoms with Crippen LogP contribution < -0.4 is 4.74 Å². The van der Waals surface area contributed by atoms with Gasteiger partial charge < -0.3 is 14.4 Å². The third kappa shape index (κ3) is 4.28. The monoisotopic (exact) mass is 427 g/mol. The lowest BCUT2D eigenvalue weighted by Crippen LogP contribution is -2.12. The fourth-order valence-electron chi connectivity index (χ4n) is 2.90. The summed E-state index contributed by atoms with van der Waals surface area (Å²) in [5.41, 5.74) is 2.11. The van der Waals surface area contributed by atoms with Crippen molar-refractivity contribution in [2.75, 3.05) is 6.61 Å². The van der Waals surface area contributed by atoms with Crippen molar-refractivity contribution < 1.29 is 19.4 Å². The van der Waals surface area contributed by atoms with Crippen LogP contribution in [0.3, 0.4) is 0 Å². The normalized spacial score (nSPS) is 10.7. The van der Waals surface area contributed by atoms with Crippen LogP contribution in [0.4, 0.5) is 0 Å². The predicted molar refractivity (Wildman–Crippen MR) is 107 cm³/mol. The molecule has 0 saturated carbocycles. The number of nitrogens with zero attached hydrogens (tertiary/aromatic N) is 1. The van der Waals surface area contributed by atoms with E-state index in [-0.39, 0.29) is 5.56 Å². The number of rotatable bonds is 8. The highest BCUT2D eigenvalue weighted by Gasteiger charge is 2.21. The molecule has 0 unspecified atom stereocenters. The Morgan fingerprint density at radius 2 is 1.93 bits per heavy atom. The molecule has 0 fully saturated rings. The van der Waals surface area contributed by atoms with Crippen LogP contribution >= 0.6 is 15.9 Å². The van der Waals surface area contributed by atoms with Crippen LogP contribution in [0.5, 0.6) is 5.75 Å². The number of carboxylic acid groups (broad SMARTS) is 1. The van der Waals surface area contributed by atoms with Crippen molar-refractivity contribution in [3.8, 4) is 5.75 Å². The number of halogens is 1. The second kappa shape index (κ2) is 8.22. The Kier molecular flexibility index (Phi) is 5.76. The number of fused-ring (bicyclic) bond motifs is 1. The number of carbonyl (C=O) groups is 2. The summed E-state index contributed by atoms with van der Waals surface area (Å²) < 4.78 is 8.44. The maximum atomic E-state index is 12.1. The first-order chi connectivity index (χ1) is 13.0. The van der Waals surface area contributed by atoms with Gasteiger partial charge in [0, 0.05) is 28.1 Å². The molecular formula is C21H18BrNO4. The van der Waals surface area contributed by atoms with Gasteiger partial charge >= 0.3 is 5.97 Å². The topological polar surface area (TPSA) is 68.5 Å². The van der Waals surface area contributed by atoms with Gasteiger partial charge in [-0.25, -0.2) is 4.79 Å². The summed E-state index contributed by atoms with van der Waals surface area (Å²) in [5, 5.41) is 9.71. The van der Waals surface area contributed by atoms with E-state index in [0.717, 1.165) is 22.0 Å². The zero-order valence-electron chi connectivity index (χ0n) is 14.5. The quantitative estimate of drug-likeness (QED) is 0.327. The number of carbonyl (C=O) groups excluding carboxylic acids is 1. The van der Waals surface area contributed by atoms with Gasteiger partial charge in [0.25, 0.3) is 5.78 Å². The van der Waals surface area contributed by atoms with Gasteiger partial charge in [-0.05, 0) is 42.3 Å². The van der Waals surface area contributed by atoms with Crippen molar-refractivity contribution >= 4 is 38.6 Å². The maximum Gasteiger partial charge on any atom is 0.377 e. The Labute approximate surface area is 165 Å². The number of hydrogen-bond donors (Lipinski definition) is 1. The third-order valence-corrected chi connectivity index (χ3v) is 4.74. The number of aromatic nitrogens is 1. The lowest BCUT2D eigenvalue weighted by Gasteiger charge is -2.07. The van der Waals surface area contributed by atoms with E-state index in [1.807, 2.05) is 34.9 Å². The Balaban J connectivity index is 1.96. The second-order valence-corrected chi connectivity index (χ2v) is 6.94. The number of hydrogen-bond acceptors (Lipinski definition) is 3. The van der Waals surface area contributed by atoms with E-state index in [1.54, 1.807) is 24.4 Å². The Morgan fingerprint density at radius 1 is 1.19 bits per heavy atom. The molecule has 1 heterocycles. The first-order valence-electron chi connectivity index (χ1n) is 8.38. The lowest BCUT2D eigenvalue weighted by atomic mass is 10.1. The molecule has 2 aromatic carbocycles. The van der Waals surface area contributed by atoms with Gasteiger partial charge in [0.2, 0.25) is 0 Å². The summed E-state index contributed by atoms with van der Waals surface area (Å²) >= 11 is 3.42. The molecule has 0 amide bonds. The van der Waals surface area contributed by atoms with Crippen LogP contribution in [0, 0.1) is 0 Å². The first-order valence-corrected chi connectivity index (χ1v) is 9.17. The van der Waals surface area contributed by atoms with Crippen LogP contribution in [-0.2, 0) is 17.8 Å². The van der Waals surface area contributed by atoms with Gasteiger partial charge in [-0.3, -0.25) is 4.79 Å². The number of benzene rings is 2. The van der Waals surface area contributed by atoms with Crippen LogP contribution in [0.25, 0.3) is 10.9 Å². The summed E-state index contributed by atoms with van der Waals surface area (Å²) in [5.74, 6) is -1.84. The number of ketones is 1. The first kappa shape index (κ1) is 18.9. The number of aliphatic carboxylic acids is 1. The third-order valence-electron chi connectivity index (χ3n) is 4.21. The van der Waals surface area contributed by atoms with E-state index < -0.39 is 11.8 Å². The molecule has 0 aliphatic carbocycles. The molecule has 1 aromatic heterocycles. The van der Waals surface area contributed by atoms with Crippen molar-refractivity contribution in [1.29, 1.82) is 0 Å². The van der Waals surface area contributed by atoms with E-state index in [9.17, 15) is 9.59 Å². The molecule has 0 spiro atoms. The van der Waals surface area contributed by atoms with Crippen molar-refractivity contribution in [2.45, 2.75) is 13.0 Å². The largest absolute Gasteiger partial charge is 0.490 e. The van der Waals surface area contributed by atoms with E-state index in [4.69, 9.17) is 9.84 Å². The molecule has 0 saturated heterocycles. The second-order valence-electron chi connectivity index (χ2n) is 6.03. The molecule has 0 atom stereocenters. The van der Waals surface area contributed by atoms with Gasteiger partial charge in [0.05, 0.1) is 5.56 Å². The van der Waals surface area contributed by atoms with Crippen LogP contribution in [0.1, 0.15) is 15.9 Å². The minimum absolute atomic E-state index is 0.164. The van der Waals surface area contributed by atoms with Gasteiger partial charge in [0.15, 0.2) is 0 Å². The molecule has 1 N–H and O–H groups in total. The number of ether oxygens (including phenoxy) is 1. The average molecular weight is 428 g/mol. The van der Waals surface area contributed by atoms with E-state index in [2.05, 4.69) is 22.5 Å². The Bertz CT molecular complexity index is 1000. The molecule has 5 nitrogen and oxygen atoms in total. The maximum absolute atomic E-state index is 12.1. The molecule has 0 aliphatic heterocycles. The summed E-state index contributed by atoms with van der Waals surface area (Å²) in [6, 6.07) is 13.4. The van der Waals surface area contributed by atoms with Gasteiger partial charge in [-0.15, -0.1) is 0 Å². The van der Waals surface area contributed by atoms with Crippen LogP contribution in [0.2, 0.25) is 0 Å². The molecule has 3 aromatic rings. The summed E-state index contributed by atoms with van der Waals surface area (Å²) in [4.78, 5) is 23.3.